The van der Waals surface area contributed by atoms with Gasteiger partial charge in [-0.25, -0.2) is 9.97 Å². The first-order valence-corrected chi connectivity index (χ1v) is 8.65. The molecule has 0 atom stereocenters. The molecule has 0 radical (unpaired) electrons. The van der Waals surface area contributed by atoms with E-state index in [1.807, 2.05) is 0 Å². The van der Waals surface area contributed by atoms with Crippen LogP contribution in [-0.4, -0.2) is 20.3 Å². The fraction of sp³-hybridized carbons (Fsp3) is 0.0556. The van der Waals surface area contributed by atoms with Gasteiger partial charge in [-0.3, -0.25) is 10.1 Å². The topological polar surface area (TPSA) is 59.3 Å². The Morgan fingerprint density at radius 3 is 2.85 bits per heavy atom. The summed E-state index contributed by atoms with van der Waals surface area (Å²) < 4.78 is 40.3. The monoisotopic (exact) mass is 388 g/mol. The van der Waals surface area contributed by atoms with Crippen LogP contribution in [0.5, 0.6) is 0 Å². The lowest BCUT2D eigenvalue weighted by Gasteiger charge is -2.07. The molecule has 27 heavy (non-hydrogen) atoms. The van der Waals surface area contributed by atoms with Crippen LogP contribution in [0.3, 0.4) is 0 Å². The van der Waals surface area contributed by atoms with Crippen LogP contribution in [0, 0.1) is 0 Å². The largest absolute Gasteiger partial charge is 0.416 e. The molecule has 3 heterocycles. The maximum Gasteiger partial charge on any atom is 0.416 e. The highest BCUT2D eigenvalue weighted by Crippen LogP contribution is 2.33. The number of anilines is 1. The Kier molecular flexibility index (Phi) is 4.15. The molecular weight excluding hydrogens is 377 g/mol. The Balaban J connectivity index is 1.55. The summed E-state index contributed by atoms with van der Waals surface area (Å²) in [6.45, 7) is 0. The van der Waals surface area contributed by atoms with Crippen LogP contribution in [0.25, 0.3) is 16.9 Å². The summed E-state index contributed by atoms with van der Waals surface area (Å²) in [4.78, 5) is 20.7. The zero-order valence-electron chi connectivity index (χ0n) is 13.6. The number of nitrogens with zero attached hydrogens (tertiary/aromatic N) is 3. The molecule has 1 amide bonds. The predicted octanol–water partition coefficient (Wildman–Crippen LogP) is 4.73. The average molecular weight is 388 g/mol. The number of hydrogen-bond acceptors (Lipinski definition) is 4. The van der Waals surface area contributed by atoms with Gasteiger partial charge in [-0.1, -0.05) is 12.1 Å². The van der Waals surface area contributed by atoms with Crippen LogP contribution < -0.4 is 5.32 Å². The van der Waals surface area contributed by atoms with Crippen LogP contribution in [0.4, 0.5) is 18.3 Å². The Bertz CT molecular complexity index is 1130. The second kappa shape index (κ2) is 6.51. The fourth-order valence-electron chi connectivity index (χ4n) is 2.54. The number of aromatic nitrogens is 3. The number of carbonyl (C=O) groups excluding carboxylic acids is 1. The van der Waals surface area contributed by atoms with E-state index in [9.17, 15) is 18.0 Å². The molecule has 9 heteroatoms. The molecule has 0 bridgehead atoms. The molecule has 0 fully saturated rings. The number of alkyl halides is 3. The van der Waals surface area contributed by atoms with Gasteiger partial charge in [0.25, 0.3) is 5.91 Å². The first-order chi connectivity index (χ1) is 12.9. The minimum Gasteiger partial charge on any atom is -0.306 e. The van der Waals surface area contributed by atoms with Crippen molar-refractivity contribution in [3.63, 3.8) is 0 Å². The Morgan fingerprint density at radius 2 is 2.04 bits per heavy atom. The zero-order chi connectivity index (χ0) is 19.0. The van der Waals surface area contributed by atoms with Crippen molar-refractivity contribution >= 4 is 28.0 Å². The molecule has 0 aliphatic rings. The molecule has 0 saturated carbocycles. The number of imidazole rings is 1. The summed E-state index contributed by atoms with van der Waals surface area (Å²) in [5, 5.41) is 4.57. The summed E-state index contributed by atoms with van der Waals surface area (Å²) >= 11 is 1.14. The molecule has 0 aliphatic heterocycles. The second-order valence-electron chi connectivity index (χ2n) is 5.68. The number of rotatable bonds is 3. The molecular formula is C18H11F3N4OS. The number of carbonyl (C=O) groups is 1. The van der Waals surface area contributed by atoms with Crippen molar-refractivity contribution < 1.29 is 18.0 Å². The number of fused-ring (bicyclic) bond motifs is 1. The highest BCUT2D eigenvalue weighted by Gasteiger charge is 2.30. The number of nitrogens with one attached hydrogen (secondary N) is 1. The molecule has 0 aliphatic carbocycles. The molecule has 136 valence electrons. The minimum absolute atomic E-state index is 0.304. The zero-order valence-corrected chi connectivity index (χ0v) is 14.4. The van der Waals surface area contributed by atoms with E-state index in [-0.39, 0.29) is 5.91 Å². The van der Waals surface area contributed by atoms with Crippen molar-refractivity contribution in [2.24, 2.45) is 0 Å². The van der Waals surface area contributed by atoms with Crippen LogP contribution in [-0.2, 0) is 6.18 Å². The third-order valence-electron chi connectivity index (χ3n) is 3.86. The summed E-state index contributed by atoms with van der Waals surface area (Å²) in [5.41, 5.74) is 1.09. The van der Waals surface area contributed by atoms with Crippen molar-refractivity contribution in [3.05, 3.63) is 71.5 Å². The summed E-state index contributed by atoms with van der Waals surface area (Å²) in [5.74, 6) is -0.365. The summed E-state index contributed by atoms with van der Waals surface area (Å²) in [6.07, 6.45) is 0.564. The number of halogens is 3. The molecule has 1 aromatic carbocycles. The van der Waals surface area contributed by atoms with E-state index in [0.29, 0.717) is 27.6 Å². The van der Waals surface area contributed by atoms with E-state index < -0.39 is 11.7 Å². The van der Waals surface area contributed by atoms with Gasteiger partial charge >= 0.3 is 6.18 Å². The third-order valence-corrected chi connectivity index (χ3v) is 4.62. The first-order valence-electron chi connectivity index (χ1n) is 7.77. The normalized spacial score (nSPS) is 11.7. The summed E-state index contributed by atoms with van der Waals surface area (Å²) in [7, 11) is 0. The minimum atomic E-state index is -4.42. The fourth-order valence-corrected chi connectivity index (χ4v) is 3.26. The smallest absolute Gasteiger partial charge is 0.306 e. The van der Waals surface area contributed by atoms with Gasteiger partial charge in [-0.05, 0) is 24.3 Å². The van der Waals surface area contributed by atoms with Crippen LogP contribution in [0.2, 0.25) is 0 Å². The van der Waals surface area contributed by atoms with Gasteiger partial charge in [-0.15, -0.1) is 11.3 Å². The molecule has 4 rings (SSSR count). The molecule has 4 aromatic rings. The van der Waals surface area contributed by atoms with E-state index >= 15 is 0 Å². The van der Waals surface area contributed by atoms with Crippen molar-refractivity contribution in [1.82, 2.24) is 14.4 Å². The van der Waals surface area contributed by atoms with Gasteiger partial charge in [-0.2, -0.15) is 13.2 Å². The molecule has 0 saturated heterocycles. The van der Waals surface area contributed by atoms with Gasteiger partial charge in [0.1, 0.15) is 5.65 Å². The number of thiazole rings is 1. The van der Waals surface area contributed by atoms with Crippen LogP contribution >= 0.6 is 11.3 Å². The lowest BCUT2D eigenvalue weighted by atomic mass is 10.1. The highest BCUT2D eigenvalue weighted by atomic mass is 32.1. The molecule has 1 N–H and O–H groups in total. The van der Waals surface area contributed by atoms with Gasteiger partial charge in [0.15, 0.2) is 5.13 Å². The highest BCUT2D eigenvalue weighted by molar-refractivity contribution is 7.14. The Hall–Kier alpha value is -3.20. The predicted molar refractivity (Wildman–Crippen MR) is 95.7 cm³/mol. The number of amides is 1. The van der Waals surface area contributed by atoms with Gasteiger partial charge in [0.05, 0.1) is 16.8 Å². The van der Waals surface area contributed by atoms with E-state index in [4.69, 9.17) is 0 Å². The Morgan fingerprint density at radius 1 is 1.19 bits per heavy atom. The van der Waals surface area contributed by atoms with Crippen LogP contribution in [0.1, 0.15) is 15.9 Å². The molecule has 3 aromatic heterocycles. The SMILES string of the molecule is O=C(Nc1nc(-c2cccc(C(F)(F)F)c2)cs1)c1ccc2nccn2c1. The van der Waals surface area contributed by atoms with Gasteiger partial charge < -0.3 is 4.40 Å². The standard InChI is InChI=1S/C18H11F3N4OS/c19-18(20,21)13-3-1-2-11(8-13)14-10-27-17(23-14)24-16(26)12-4-5-15-22-6-7-25(15)9-12/h1-10H,(H,23,24,26). The maximum absolute atomic E-state index is 12.9. The summed E-state index contributed by atoms with van der Waals surface area (Å²) in [6, 6.07) is 8.27. The lowest BCUT2D eigenvalue weighted by Crippen LogP contribution is -2.12. The van der Waals surface area contributed by atoms with E-state index in [1.165, 1.54) is 6.07 Å². The second-order valence-corrected chi connectivity index (χ2v) is 6.54. The molecule has 5 nitrogen and oxygen atoms in total. The van der Waals surface area contributed by atoms with Crippen molar-refractivity contribution in [3.8, 4) is 11.3 Å². The lowest BCUT2D eigenvalue weighted by molar-refractivity contribution is -0.137. The van der Waals surface area contributed by atoms with E-state index in [1.54, 1.807) is 46.6 Å². The Labute approximate surface area is 155 Å². The maximum atomic E-state index is 12.9. The van der Waals surface area contributed by atoms with E-state index in [2.05, 4.69) is 15.3 Å². The molecule has 0 spiro atoms. The van der Waals surface area contributed by atoms with Crippen molar-refractivity contribution in [2.75, 3.05) is 5.32 Å². The quantitative estimate of drug-likeness (QED) is 0.552. The molecule has 0 unspecified atom stereocenters. The number of benzene rings is 1. The average Bonchev–Trinajstić information content (AvgIpc) is 3.29. The first kappa shape index (κ1) is 17.2. The van der Waals surface area contributed by atoms with E-state index in [0.717, 1.165) is 23.5 Å². The number of hydrogen-bond donors (Lipinski definition) is 1. The van der Waals surface area contributed by atoms with Crippen molar-refractivity contribution in [2.45, 2.75) is 6.18 Å². The third kappa shape index (κ3) is 3.54. The van der Waals surface area contributed by atoms with Gasteiger partial charge in [0, 0.05) is 29.5 Å². The van der Waals surface area contributed by atoms with Gasteiger partial charge in [0.2, 0.25) is 0 Å². The number of pyridine rings is 1. The van der Waals surface area contributed by atoms with Crippen molar-refractivity contribution in [1.29, 1.82) is 0 Å². The van der Waals surface area contributed by atoms with Crippen LogP contribution in [0.15, 0.2) is 60.4 Å².